The third kappa shape index (κ3) is 3.67. The van der Waals surface area contributed by atoms with Crippen LogP contribution in [-0.2, 0) is 9.53 Å². The van der Waals surface area contributed by atoms with E-state index in [1.807, 2.05) is 0 Å². The Bertz CT molecular complexity index is 135. The Morgan fingerprint density at radius 2 is 2.30 bits per heavy atom. The average molecular weight is 207 g/mol. The zero-order valence-corrected chi connectivity index (χ0v) is 7.77. The molecule has 0 saturated heterocycles. The van der Waals surface area contributed by atoms with E-state index >= 15 is 0 Å². The molecule has 0 unspecified atom stereocenters. The normalized spacial score (nSPS) is 10.7. The van der Waals surface area contributed by atoms with Gasteiger partial charge in [-0.25, -0.2) is 0 Å². The first-order valence-electron chi connectivity index (χ1n) is 2.95. The molecule has 0 aliphatic rings. The second kappa shape index (κ2) is 3.76. The lowest BCUT2D eigenvalue weighted by Crippen LogP contribution is -2.26. The fourth-order valence-corrected chi connectivity index (χ4v) is 0.421. The van der Waals surface area contributed by atoms with Crippen molar-refractivity contribution in [3.05, 3.63) is 12.7 Å². The Hall–Kier alpha value is -0.310. The Morgan fingerprint density at radius 1 is 1.80 bits per heavy atom. The summed E-state index contributed by atoms with van der Waals surface area (Å²) in [6, 6.07) is 0. The van der Waals surface area contributed by atoms with Crippen LogP contribution < -0.4 is 0 Å². The summed E-state index contributed by atoms with van der Waals surface area (Å²) in [6.45, 7) is 7.16. The predicted molar refractivity (Wildman–Crippen MR) is 44.2 cm³/mol. The van der Waals surface area contributed by atoms with E-state index in [0.717, 1.165) is 0 Å². The van der Waals surface area contributed by atoms with E-state index in [9.17, 15) is 4.79 Å². The Labute approximate surface area is 69.4 Å². The van der Waals surface area contributed by atoms with E-state index in [0.29, 0.717) is 0 Å². The van der Waals surface area contributed by atoms with Gasteiger partial charge >= 0.3 is 5.97 Å². The molecule has 0 aromatic carbocycles. The molecule has 0 saturated carbocycles. The van der Waals surface area contributed by atoms with Gasteiger partial charge in [0.2, 0.25) is 0 Å². The first kappa shape index (κ1) is 9.69. The van der Waals surface area contributed by atoms with Crippen molar-refractivity contribution in [1.29, 1.82) is 0 Å². The van der Waals surface area contributed by atoms with Crippen molar-refractivity contribution in [2.45, 2.75) is 18.2 Å². The third-order valence-corrected chi connectivity index (χ3v) is 1.14. The molecule has 0 N–H and O–H groups in total. The summed E-state index contributed by atoms with van der Waals surface area (Å²) in [4.78, 5) is 10.9. The zero-order valence-electron chi connectivity index (χ0n) is 6.19. The maximum absolute atomic E-state index is 10.9. The molecule has 0 atom stereocenters. The minimum Gasteiger partial charge on any atom is -0.460 e. The predicted octanol–water partition coefficient (Wildman–Crippen LogP) is 1.89. The second-order valence-corrected chi connectivity index (χ2v) is 4.34. The number of hydrogen-bond donors (Lipinski definition) is 0. The first-order valence-corrected chi connectivity index (χ1v) is 3.75. The number of halogens is 1. The van der Waals surface area contributed by atoms with Crippen LogP contribution >= 0.6 is 15.9 Å². The van der Waals surface area contributed by atoms with Gasteiger partial charge in [0.05, 0.1) is 0 Å². The lowest BCUT2D eigenvalue weighted by molar-refractivity contribution is -0.144. The molecule has 10 heavy (non-hydrogen) atoms. The zero-order chi connectivity index (χ0) is 8.20. The molecule has 0 heterocycles. The summed E-state index contributed by atoms with van der Waals surface area (Å²) >= 11 is 3.17. The average Bonchev–Trinajstić information content (AvgIpc) is 1.80. The fraction of sp³-hybridized carbons (Fsp3) is 0.571. The van der Waals surface area contributed by atoms with Crippen molar-refractivity contribution in [3.8, 4) is 0 Å². The highest BCUT2D eigenvalue weighted by Crippen LogP contribution is 2.17. The first-order chi connectivity index (χ1) is 4.48. The van der Waals surface area contributed by atoms with Crippen LogP contribution in [0, 0.1) is 0 Å². The van der Waals surface area contributed by atoms with Gasteiger partial charge in [-0.2, -0.15) is 0 Å². The van der Waals surface area contributed by atoms with Crippen LogP contribution in [0.4, 0.5) is 0 Å². The number of carbonyl (C=O) groups excluding carboxylic acids is 1. The highest BCUT2D eigenvalue weighted by molar-refractivity contribution is 9.10. The lowest BCUT2D eigenvalue weighted by Gasteiger charge is -2.13. The van der Waals surface area contributed by atoms with E-state index < -0.39 is 4.32 Å². The molecule has 2 nitrogen and oxygen atoms in total. The number of ether oxygens (including phenoxy) is 1. The lowest BCUT2D eigenvalue weighted by atomic mass is 10.2. The molecule has 0 spiro atoms. The molecule has 0 aliphatic heterocycles. The van der Waals surface area contributed by atoms with Crippen LogP contribution in [0.15, 0.2) is 12.7 Å². The van der Waals surface area contributed by atoms with Gasteiger partial charge in [-0.1, -0.05) is 28.6 Å². The van der Waals surface area contributed by atoms with Gasteiger partial charge < -0.3 is 4.74 Å². The fourth-order valence-electron chi connectivity index (χ4n) is 0.306. The number of alkyl halides is 1. The largest absolute Gasteiger partial charge is 0.460 e. The van der Waals surface area contributed by atoms with Crippen molar-refractivity contribution in [2.75, 3.05) is 6.61 Å². The maximum atomic E-state index is 10.9. The third-order valence-electron chi connectivity index (χ3n) is 0.818. The summed E-state index contributed by atoms with van der Waals surface area (Å²) in [6.07, 6.45) is 1.54. The molecule has 0 radical (unpaired) electrons. The van der Waals surface area contributed by atoms with Crippen LogP contribution in [0.5, 0.6) is 0 Å². The molecule has 0 aromatic rings. The van der Waals surface area contributed by atoms with Crippen molar-refractivity contribution >= 4 is 21.9 Å². The van der Waals surface area contributed by atoms with Crippen molar-refractivity contribution < 1.29 is 9.53 Å². The topological polar surface area (TPSA) is 26.3 Å². The summed E-state index contributed by atoms with van der Waals surface area (Å²) in [5.41, 5.74) is 0. The van der Waals surface area contributed by atoms with Crippen LogP contribution in [0.3, 0.4) is 0 Å². The van der Waals surface area contributed by atoms with Gasteiger partial charge in [-0.3, -0.25) is 4.79 Å². The molecule has 0 rings (SSSR count). The van der Waals surface area contributed by atoms with Gasteiger partial charge in [0, 0.05) is 0 Å². The van der Waals surface area contributed by atoms with E-state index in [1.54, 1.807) is 13.8 Å². The molecule has 0 aromatic heterocycles. The number of esters is 1. The molecular formula is C7H11BrO2. The Kier molecular flexibility index (Phi) is 3.64. The van der Waals surface area contributed by atoms with E-state index in [4.69, 9.17) is 4.74 Å². The molecule has 0 amide bonds. The highest BCUT2D eigenvalue weighted by atomic mass is 79.9. The monoisotopic (exact) mass is 206 g/mol. The van der Waals surface area contributed by atoms with Crippen LogP contribution in [0.25, 0.3) is 0 Å². The molecule has 3 heteroatoms. The van der Waals surface area contributed by atoms with Crippen molar-refractivity contribution in [1.82, 2.24) is 0 Å². The SMILES string of the molecule is C=CCOC(=O)C(C)(C)Br. The van der Waals surface area contributed by atoms with Gasteiger partial charge in [0.25, 0.3) is 0 Å². The van der Waals surface area contributed by atoms with E-state index in [-0.39, 0.29) is 12.6 Å². The number of carbonyl (C=O) groups is 1. The van der Waals surface area contributed by atoms with Crippen LogP contribution in [0.2, 0.25) is 0 Å². The van der Waals surface area contributed by atoms with Gasteiger partial charge in [0.15, 0.2) is 0 Å². The molecule has 0 bridgehead atoms. The van der Waals surface area contributed by atoms with Gasteiger partial charge in [0.1, 0.15) is 10.9 Å². The van der Waals surface area contributed by atoms with E-state index in [2.05, 4.69) is 22.5 Å². The molecule has 0 fully saturated rings. The second-order valence-electron chi connectivity index (χ2n) is 2.36. The smallest absolute Gasteiger partial charge is 0.322 e. The minimum atomic E-state index is -0.587. The van der Waals surface area contributed by atoms with Crippen LogP contribution in [0.1, 0.15) is 13.8 Å². The quantitative estimate of drug-likeness (QED) is 0.401. The standard InChI is InChI=1S/C7H11BrO2/c1-4-5-10-6(9)7(2,3)8/h4H,1,5H2,2-3H3. The number of hydrogen-bond acceptors (Lipinski definition) is 2. The van der Waals surface area contributed by atoms with Gasteiger partial charge in [-0.05, 0) is 13.8 Å². The molecule has 0 aliphatic carbocycles. The maximum Gasteiger partial charge on any atom is 0.322 e. The summed E-state index contributed by atoms with van der Waals surface area (Å²) in [5, 5.41) is 0. The van der Waals surface area contributed by atoms with E-state index in [1.165, 1.54) is 6.08 Å². The summed E-state index contributed by atoms with van der Waals surface area (Å²) < 4.78 is 4.16. The number of rotatable bonds is 3. The summed E-state index contributed by atoms with van der Waals surface area (Å²) in [5.74, 6) is -0.271. The van der Waals surface area contributed by atoms with Gasteiger partial charge in [-0.15, -0.1) is 0 Å². The molecule has 58 valence electrons. The minimum absolute atomic E-state index is 0.271. The highest BCUT2D eigenvalue weighted by Gasteiger charge is 2.24. The van der Waals surface area contributed by atoms with Crippen molar-refractivity contribution in [2.24, 2.45) is 0 Å². The van der Waals surface area contributed by atoms with Crippen molar-refractivity contribution in [3.63, 3.8) is 0 Å². The summed E-state index contributed by atoms with van der Waals surface area (Å²) in [7, 11) is 0. The van der Waals surface area contributed by atoms with Crippen LogP contribution in [-0.4, -0.2) is 16.9 Å². The molecular weight excluding hydrogens is 196 g/mol. The Balaban J connectivity index is 3.74. The Morgan fingerprint density at radius 3 is 2.60 bits per heavy atom.